The van der Waals surface area contributed by atoms with Gasteiger partial charge in [-0.15, -0.1) is 0 Å². The number of nitrogens with two attached hydrogens (primary N) is 1. The van der Waals surface area contributed by atoms with Gasteiger partial charge in [-0.2, -0.15) is 0 Å². The number of hydrogen-bond acceptors (Lipinski definition) is 4. The second-order valence-corrected chi connectivity index (χ2v) is 6.95. The van der Waals surface area contributed by atoms with E-state index in [0.717, 1.165) is 11.1 Å². The smallest absolute Gasteiger partial charge is 0.332 e. The molecule has 0 atom stereocenters. The highest BCUT2D eigenvalue weighted by Gasteiger charge is 2.21. The summed E-state index contributed by atoms with van der Waals surface area (Å²) in [5.41, 5.74) is 7.37. The molecule has 2 aromatic heterocycles. The van der Waals surface area contributed by atoms with Gasteiger partial charge in [0.1, 0.15) is 5.52 Å². The fourth-order valence-electron chi connectivity index (χ4n) is 2.97. The summed E-state index contributed by atoms with van der Waals surface area (Å²) < 4.78 is 1.30. The highest BCUT2D eigenvalue weighted by Crippen LogP contribution is 2.27. The van der Waals surface area contributed by atoms with Crippen molar-refractivity contribution < 1.29 is 4.79 Å². The van der Waals surface area contributed by atoms with Gasteiger partial charge in [-0.05, 0) is 30.7 Å². The number of nitrogens with one attached hydrogen (secondary N) is 1. The van der Waals surface area contributed by atoms with Gasteiger partial charge < -0.3 is 10.7 Å². The van der Waals surface area contributed by atoms with Gasteiger partial charge in [0, 0.05) is 5.56 Å². The fourth-order valence-corrected chi connectivity index (χ4v) is 3.26. The lowest BCUT2D eigenvalue weighted by Crippen LogP contribution is -2.15. The Labute approximate surface area is 168 Å². The average Bonchev–Trinajstić information content (AvgIpc) is 2.99. The molecule has 7 nitrogen and oxygen atoms in total. The molecule has 140 valence electrons. The number of benzene rings is 2. The Balaban J connectivity index is 2.09. The topological polar surface area (TPSA) is 107 Å². The number of fused-ring (bicyclic) bond motifs is 1. The number of aryl methyl sites for hydroxylation is 1. The van der Waals surface area contributed by atoms with Gasteiger partial charge in [0.25, 0.3) is 5.91 Å². The molecule has 0 bridgehead atoms. The van der Waals surface area contributed by atoms with E-state index < -0.39 is 11.6 Å². The molecule has 1 amide bonds. The quantitative estimate of drug-likeness (QED) is 0.535. The molecule has 0 unspecified atom stereocenters. The molecule has 0 radical (unpaired) electrons. The van der Waals surface area contributed by atoms with Gasteiger partial charge in [0.15, 0.2) is 17.2 Å². The molecular formula is C19H13Cl2N5O2. The fraction of sp³-hybridized carbons (Fsp3) is 0.0526. The molecule has 0 aliphatic rings. The van der Waals surface area contributed by atoms with Crippen LogP contribution in [-0.4, -0.2) is 25.4 Å². The average molecular weight is 414 g/mol. The summed E-state index contributed by atoms with van der Waals surface area (Å²) in [6.45, 7) is 1.90. The van der Waals surface area contributed by atoms with Crippen molar-refractivity contribution in [3.63, 3.8) is 0 Å². The molecule has 9 heteroatoms. The van der Waals surface area contributed by atoms with Crippen LogP contribution >= 0.6 is 23.2 Å². The molecular weight excluding hydrogens is 401 g/mol. The number of aromatic amines is 1. The Bertz CT molecular complexity index is 1310. The molecule has 0 spiro atoms. The van der Waals surface area contributed by atoms with E-state index in [-0.39, 0.29) is 27.7 Å². The first-order valence-electron chi connectivity index (χ1n) is 8.21. The number of carbonyl (C=O) groups excluding carboxylic acids is 1. The zero-order valence-electron chi connectivity index (χ0n) is 14.5. The number of halogens is 2. The highest BCUT2D eigenvalue weighted by atomic mass is 35.5. The third-order valence-corrected chi connectivity index (χ3v) is 5.06. The molecule has 0 aliphatic carbocycles. The van der Waals surface area contributed by atoms with Crippen LogP contribution in [0.15, 0.2) is 47.3 Å². The lowest BCUT2D eigenvalue weighted by molar-refractivity contribution is 0.0997. The molecule has 0 aliphatic heterocycles. The Hall–Kier alpha value is -3.16. The van der Waals surface area contributed by atoms with Gasteiger partial charge >= 0.3 is 5.69 Å². The van der Waals surface area contributed by atoms with Gasteiger partial charge in [-0.3, -0.25) is 4.79 Å². The number of imidazole rings is 1. The third kappa shape index (κ3) is 2.94. The van der Waals surface area contributed by atoms with E-state index in [1.165, 1.54) is 10.6 Å². The van der Waals surface area contributed by atoms with E-state index in [9.17, 15) is 9.59 Å². The van der Waals surface area contributed by atoms with E-state index in [1.54, 1.807) is 12.1 Å². The van der Waals surface area contributed by atoms with Crippen molar-refractivity contribution in [3.8, 4) is 17.1 Å². The number of primary amides is 1. The lowest BCUT2D eigenvalue weighted by Gasteiger charge is -2.08. The molecule has 28 heavy (non-hydrogen) atoms. The van der Waals surface area contributed by atoms with Gasteiger partial charge in [-0.1, -0.05) is 47.5 Å². The highest BCUT2D eigenvalue weighted by molar-refractivity contribution is 6.42. The first-order valence-corrected chi connectivity index (χ1v) is 8.96. The summed E-state index contributed by atoms with van der Waals surface area (Å²) in [7, 11) is 0. The maximum Gasteiger partial charge on any atom is 0.332 e. The predicted molar refractivity (Wildman–Crippen MR) is 108 cm³/mol. The first kappa shape index (κ1) is 18.2. The summed E-state index contributed by atoms with van der Waals surface area (Å²) in [5.74, 6) is -0.489. The maximum absolute atomic E-state index is 12.6. The number of rotatable bonds is 3. The Kier molecular flexibility index (Phi) is 4.41. The standard InChI is InChI=1S/C19H13Cl2N5O2/c1-9-4-2-3-5-11(9)17-23-14(16(22)27)15-18(25-17)26(19(28)24-15)10-6-7-12(20)13(21)8-10/h2-8H,1H3,(H2,22,27)(H,24,28). The Morgan fingerprint density at radius 1 is 1.11 bits per heavy atom. The summed E-state index contributed by atoms with van der Waals surface area (Å²) in [6.07, 6.45) is 0. The first-order chi connectivity index (χ1) is 13.4. The van der Waals surface area contributed by atoms with Crippen LogP contribution in [0.1, 0.15) is 16.1 Å². The van der Waals surface area contributed by atoms with E-state index in [0.29, 0.717) is 10.7 Å². The summed E-state index contributed by atoms with van der Waals surface area (Å²) in [6, 6.07) is 12.2. The van der Waals surface area contributed by atoms with Gasteiger partial charge in [-0.25, -0.2) is 19.3 Å². The largest absolute Gasteiger partial charge is 0.364 e. The van der Waals surface area contributed by atoms with Crippen molar-refractivity contribution in [2.75, 3.05) is 0 Å². The van der Waals surface area contributed by atoms with Crippen LogP contribution in [0.2, 0.25) is 10.0 Å². The van der Waals surface area contributed by atoms with Crippen molar-refractivity contribution in [1.29, 1.82) is 0 Å². The van der Waals surface area contributed by atoms with Crippen molar-refractivity contribution >= 4 is 40.3 Å². The zero-order chi connectivity index (χ0) is 20.0. The lowest BCUT2D eigenvalue weighted by atomic mass is 10.1. The number of hydrogen-bond donors (Lipinski definition) is 2. The van der Waals surface area contributed by atoms with Crippen LogP contribution in [0.4, 0.5) is 0 Å². The van der Waals surface area contributed by atoms with E-state index in [2.05, 4.69) is 15.0 Å². The minimum atomic E-state index is -0.773. The van der Waals surface area contributed by atoms with Crippen molar-refractivity contribution in [2.24, 2.45) is 5.73 Å². The second kappa shape index (κ2) is 6.78. The summed E-state index contributed by atoms with van der Waals surface area (Å²) in [5, 5.41) is 0.634. The summed E-state index contributed by atoms with van der Waals surface area (Å²) in [4.78, 5) is 36.1. The van der Waals surface area contributed by atoms with Crippen LogP contribution < -0.4 is 11.4 Å². The zero-order valence-corrected chi connectivity index (χ0v) is 16.0. The summed E-state index contributed by atoms with van der Waals surface area (Å²) >= 11 is 12.1. The molecule has 2 heterocycles. The Morgan fingerprint density at radius 2 is 1.86 bits per heavy atom. The van der Waals surface area contributed by atoms with Crippen LogP contribution in [-0.2, 0) is 0 Å². The van der Waals surface area contributed by atoms with Crippen LogP contribution in [0.25, 0.3) is 28.2 Å². The van der Waals surface area contributed by atoms with Gasteiger partial charge in [0.05, 0.1) is 15.7 Å². The second-order valence-electron chi connectivity index (χ2n) is 6.14. The number of amides is 1. The van der Waals surface area contributed by atoms with E-state index in [4.69, 9.17) is 28.9 Å². The molecule has 0 saturated heterocycles. The van der Waals surface area contributed by atoms with Crippen LogP contribution in [0.3, 0.4) is 0 Å². The number of aromatic nitrogens is 4. The normalized spacial score (nSPS) is 11.1. The SMILES string of the molecule is Cc1ccccc1-c1nc(C(N)=O)c2[nH]c(=O)n(-c3ccc(Cl)c(Cl)c3)c2n1. The molecule has 4 aromatic rings. The number of nitrogens with zero attached hydrogens (tertiary/aromatic N) is 3. The molecule has 0 fully saturated rings. The minimum absolute atomic E-state index is 0.0702. The number of carbonyl (C=O) groups is 1. The third-order valence-electron chi connectivity index (χ3n) is 4.32. The van der Waals surface area contributed by atoms with E-state index >= 15 is 0 Å². The monoisotopic (exact) mass is 413 g/mol. The van der Waals surface area contributed by atoms with Crippen molar-refractivity contribution in [1.82, 2.24) is 19.5 Å². The Morgan fingerprint density at radius 3 is 2.54 bits per heavy atom. The van der Waals surface area contributed by atoms with Crippen molar-refractivity contribution in [2.45, 2.75) is 6.92 Å². The van der Waals surface area contributed by atoms with Crippen molar-refractivity contribution in [3.05, 3.63) is 74.3 Å². The maximum atomic E-state index is 12.6. The van der Waals surface area contributed by atoms with E-state index in [1.807, 2.05) is 31.2 Å². The molecule has 0 saturated carbocycles. The molecule has 3 N–H and O–H groups in total. The van der Waals surface area contributed by atoms with Crippen LogP contribution in [0.5, 0.6) is 0 Å². The molecule has 4 rings (SSSR count). The van der Waals surface area contributed by atoms with Gasteiger partial charge in [0.2, 0.25) is 0 Å². The minimum Gasteiger partial charge on any atom is -0.364 e. The number of H-pyrrole nitrogens is 1. The molecule has 2 aromatic carbocycles. The predicted octanol–water partition coefficient (Wildman–Crippen LogP) is 3.49. The van der Waals surface area contributed by atoms with Crippen LogP contribution in [0, 0.1) is 6.92 Å².